The number of amides is 1. The van der Waals surface area contributed by atoms with Gasteiger partial charge in [0.2, 0.25) is 5.91 Å². The molecule has 0 aliphatic heterocycles. The van der Waals surface area contributed by atoms with Gasteiger partial charge in [0, 0.05) is 76.8 Å². The van der Waals surface area contributed by atoms with E-state index >= 15 is 0 Å². The van der Waals surface area contributed by atoms with E-state index < -0.39 is 0 Å². The standard InChI is InChI=1S/C16H35N2O2.C14H31N3O2.CH4O.I2/c1-6-9-10-11-15(19)12-17(7-2)13-16(20)14-18(4,5)8-3;1-5-7-8-9-14(19)15-12-17(6-2)11-13(18)10-16(3)4;2*1-2/h16,20H,6-14H2,1-5H3;13,18H,5-12H2,1-4H3,(H,15,19);2H,1H3;/q+1;;;. The van der Waals surface area contributed by atoms with Gasteiger partial charge >= 0.3 is 0 Å². The van der Waals surface area contributed by atoms with E-state index in [1.807, 2.05) is 37.7 Å². The Labute approximate surface area is 289 Å². The Bertz CT molecular complexity index is 619. The molecule has 0 aromatic rings. The molecule has 1 amide bonds. The number of likely N-dealkylation sites (N-methyl/N-ethyl adjacent to an activating group) is 4. The molecule has 0 bridgehead atoms. The molecule has 10 nitrogen and oxygen atoms in total. The molecule has 0 saturated carbocycles. The number of hydrogen-bond acceptors (Lipinski definition) is 8. The minimum Gasteiger partial charge on any atom is -0.400 e. The average Bonchev–Trinajstić information content (AvgIpc) is 2.96. The van der Waals surface area contributed by atoms with Gasteiger partial charge in [-0.2, -0.15) is 0 Å². The third-order valence-electron chi connectivity index (χ3n) is 6.94. The Hall–Kier alpha value is 0.320. The summed E-state index contributed by atoms with van der Waals surface area (Å²) in [6.07, 6.45) is 6.99. The molecule has 0 radical (unpaired) electrons. The van der Waals surface area contributed by atoms with Crippen LogP contribution >= 0.6 is 37.2 Å². The maximum Gasteiger partial charge on any atom is 0.220 e. The molecule has 0 aliphatic rings. The summed E-state index contributed by atoms with van der Waals surface area (Å²) < 4.78 is 0.809. The first kappa shape index (κ1) is 50.2. The van der Waals surface area contributed by atoms with E-state index in [4.69, 9.17) is 5.11 Å². The number of carbonyl (C=O) groups excluding carboxylic acids is 2. The smallest absolute Gasteiger partial charge is 0.220 e. The second kappa shape index (κ2) is 35.2. The molecule has 0 aromatic heterocycles. The molecule has 0 fully saturated rings. The summed E-state index contributed by atoms with van der Waals surface area (Å²) in [6, 6.07) is 0. The summed E-state index contributed by atoms with van der Waals surface area (Å²) in [5.74, 6) is 0.408. The maximum absolute atomic E-state index is 11.9. The zero-order chi connectivity index (χ0) is 34.3. The molecular weight excluding hydrogens is 776 g/mol. The molecule has 43 heavy (non-hydrogen) atoms. The molecular formula is C31H70I2N5O5+. The first-order valence-electron chi connectivity index (χ1n) is 16.0. The fourth-order valence-electron chi connectivity index (χ4n) is 4.17. The fraction of sp³-hybridized carbons (Fsp3) is 0.935. The van der Waals surface area contributed by atoms with Crippen LogP contribution in [0.25, 0.3) is 0 Å². The lowest BCUT2D eigenvalue weighted by atomic mass is 10.1. The summed E-state index contributed by atoms with van der Waals surface area (Å²) in [5, 5.41) is 30.0. The first-order valence-corrected chi connectivity index (χ1v) is 22.3. The van der Waals surface area contributed by atoms with Gasteiger partial charge in [-0.3, -0.25) is 19.4 Å². The molecule has 0 spiro atoms. The molecule has 0 rings (SSSR count). The largest absolute Gasteiger partial charge is 0.400 e. The van der Waals surface area contributed by atoms with Gasteiger partial charge in [0.1, 0.15) is 18.4 Å². The highest BCUT2D eigenvalue weighted by Crippen LogP contribution is 2.05. The number of nitrogens with one attached hydrogen (secondary N) is 1. The molecule has 262 valence electrons. The van der Waals surface area contributed by atoms with E-state index in [1.54, 1.807) is 0 Å². The zero-order valence-electron chi connectivity index (χ0n) is 29.4. The lowest BCUT2D eigenvalue weighted by Gasteiger charge is -2.32. The van der Waals surface area contributed by atoms with Crippen LogP contribution in [0.1, 0.15) is 86.0 Å². The fourth-order valence-corrected chi connectivity index (χ4v) is 4.17. The molecule has 0 aliphatic carbocycles. The van der Waals surface area contributed by atoms with Crippen molar-refractivity contribution in [2.45, 2.75) is 98.2 Å². The number of halogens is 2. The third-order valence-corrected chi connectivity index (χ3v) is 6.94. The summed E-state index contributed by atoms with van der Waals surface area (Å²) in [5.41, 5.74) is 0. The monoisotopic (exact) mass is 846 g/mol. The number of nitrogens with zero attached hydrogens (tertiary/aromatic N) is 4. The highest BCUT2D eigenvalue weighted by Gasteiger charge is 2.21. The predicted molar refractivity (Wildman–Crippen MR) is 200 cm³/mol. The van der Waals surface area contributed by atoms with Crippen molar-refractivity contribution in [1.29, 1.82) is 0 Å². The number of hydrogen-bond donors (Lipinski definition) is 4. The normalized spacial score (nSPS) is 12.4. The molecule has 12 heteroatoms. The zero-order valence-corrected chi connectivity index (χ0v) is 33.7. The van der Waals surface area contributed by atoms with Crippen LogP contribution in [0.4, 0.5) is 0 Å². The van der Waals surface area contributed by atoms with Crippen molar-refractivity contribution in [1.82, 2.24) is 20.0 Å². The summed E-state index contributed by atoms with van der Waals surface area (Å²) in [4.78, 5) is 29.5. The van der Waals surface area contributed by atoms with Crippen LogP contribution in [0.5, 0.6) is 0 Å². The van der Waals surface area contributed by atoms with Crippen LogP contribution in [0.2, 0.25) is 0 Å². The van der Waals surface area contributed by atoms with Gasteiger partial charge in [0.25, 0.3) is 0 Å². The Balaban J connectivity index is -0.000000317. The van der Waals surface area contributed by atoms with Crippen molar-refractivity contribution in [3.05, 3.63) is 0 Å². The molecule has 2 atom stereocenters. The summed E-state index contributed by atoms with van der Waals surface area (Å²) in [6.45, 7) is 16.7. The quantitative estimate of drug-likeness (QED) is 0.0525. The van der Waals surface area contributed by atoms with Crippen molar-refractivity contribution in [2.24, 2.45) is 0 Å². The van der Waals surface area contributed by atoms with Crippen LogP contribution in [0.3, 0.4) is 0 Å². The van der Waals surface area contributed by atoms with E-state index in [1.165, 1.54) is 0 Å². The van der Waals surface area contributed by atoms with Gasteiger partial charge in [-0.15, -0.1) is 0 Å². The Morgan fingerprint density at radius 3 is 1.70 bits per heavy atom. The van der Waals surface area contributed by atoms with E-state index in [2.05, 4.69) is 82.3 Å². The van der Waals surface area contributed by atoms with E-state index in [0.717, 1.165) is 76.3 Å². The van der Waals surface area contributed by atoms with Crippen molar-refractivity contribution in [3.63, 3.8) is 0 Å². The van der Waals surface area contributed by atoms with Crippen molar-refractivity contribution < 1.29 is 29.4 Å². The topological polar surface area (TPSA) is 117 Å². The minimum atomic E-state index is -0.382. The third kappa shape index (κ3) is 36.7. The van der Waals surface area contributed by atoms with Crippen LogP contribution < -0.4 is 5.32 Å². The van der Waals surface area contributed by atoms with Gasteiger partial charge < -0.3 is 30.0 Å². The van der Waals surface area contributed by atoms with Crippen molar-refractivity contribution >= 4 is 48.9 Å². The van der Waals surface area contributed by atoms with Crippen LogP contribution in [-0.4, -0.2) is 153 Å². The number of quaternary nitrogens is 1. The molecule has 0 aromatic carbocycles. The molecule has 2 unspecified atom stereocenters. The predicted octanol–water partition coefficient (Wildman–Crippen LogP) is 4.18. The molecule has 4 N–H and O–H groups in total. The van der Waals surface area contributed by atoms with Gasteiger partial charge in [0.05, 0.1) is 40.0 Å². The van der Waals surface area contributed by atoms with Gasteiger partial charge in [-0.1, -0.05) is 53.4 Å². The maximum atomic E-state index is 11.9. The second-order valence-corrected chi connectivity index (χ2v) is 11.7. The average molecular weight is 847 g/mol. The first-order chi connectivity index (χ1) is 20.3. The van der Waals surface area contributed by atoms with Crippen molar-refractivity contribution in [3.8, 4) is 0 Å². The van der Waals surface area contributed by atoms with Crippen LogP contribution in [0, 0.1) is 0 Å². The van der Waals surface area contributed by atoms with Crippen molar-refractivity contribution in [2.75, 3.05) is 94.3 Å². The second-order valence-electron chi connectivity index (χ2n) is 11.7. The summed E-state index contributed by atoms with van der Waals surface area (Å²) >= 11 is 4.24. The number of unbranched alkanes of at least 4 members (excludes halogenated alkanes) is 4. The Morgan fingerprint density at radius 1 is 0.767 bits per heavy atom. The highest BCUT2D eigenvalue weighted by molar-refractivity contribution is 15.0. The number of carbonyl (C=O) groups is 2. The van der Waals surface area contributed by atoms with Crippen LogP contribution in [-0.2, 0) is 9.59 Å². The SMILES string of the molecule is CCCCCC(=O)CN(CC)CC(O)C[N+](C)(C)CC.CCCCCC(=O)NCN(CC)CC(O)CN(C)C.CO.II. The molecule has 0 saturated heterocycles. The van der Waals surface area contributed by atoms with Gasteiger partial charge in [0.15, 0.2) is 0 Å². The number of aliphatic hydroxyl groups is 3. The molecule has 0 heterocycles. The number of Topliss-reactive ketones (excluding diaryl/α,β-unsaturated/α-hetero) is 1. The Morgan fingerprint density at radius 2 is 1.26 bits per heavy atom. The highest BCUT2D eigenvalue weighted by atomic mass is 128. The van der Waals surface area contributed by atoms with E-state index in [9.17, 15) is 19.8 Å². The lowest BCUT2D eigenvalue weighted by molar-refractivity contribution is -0.891. The van der Waals surface area contributed by atoms with E-state index in [-0.39, 0.29) is 18.1 Å². The van der Waals surface area contributed by atoms with Gasteiger partial charge in [-0.05, 0) is 47.0 Å². The number of rotatable bonds is 23. The Kier molecular flexibility index (Phi) is 41.1. The minimum absolute atomic E-state index is 0.106. The number of aliphatic hydroxyl groups excluding tert-OH is 3. The number of ketones is 1. The van der Waals surface area contributed by atoms with Crippen LogP contribution in [0.15, 0.2) is 0 Å². The van der Waals surface area contributed by atoms with Gasteiger partial charge in [-0.25, -0.2) is 0 Å². The lowest BCUT2D eigenvalue weighted by Crippen LogP contribution is -2.48. The summed E-state index contributed by atoms with van der Waals surface area (Å²) in [7, 11) is 9.12. The van der Waals surface area contributed by atoms with E-state index in [0.29, 0.717) is 51.5 Å².